The summed E-state index contributed by atoms with van der Waals surface area (Å²) in [4.78, 5) is 26.9. The lowest BCUT2D eigenvalue weighted by Gasteiger charge is -2.38. The van der Waals surface area contributed by atoms with Crippen molar-refractivity contribution in [3.8, 4) is 0 Å². The first kappa shape index (κ1) is 20.3. The zero-order valence-corrected chi connectivity index (χ0v) is 16.2. The molecule has 0 saturated carbocycles. The summed E-state index contributed by atoms with van der Waals surface area (Å²) in [6.45, 7) is 1.66. The van der Waals surface area contributed by atoms with Crippen LogP contribution >= 0.6 is 0 Å². The fraction of sp³-hybridized carbons (Fsp3) is 0.304. The molecule has 0 aromatic heterocycles. The van der Waals surface area contributed by atoms with E-state index in [9.17, 15) is 22.8 Å². The molecule has 2 aliphatic heterocycles. The predicted molar refractivity (Wildman–Crippen MR) is 106 cm³/mol. The Morgan fingerprint density at radius 1 is 0.967 bits per heavy atom. The van der Waals surface area contributed by atoms with E-state index >= 15 is 0 Å². The average molecular weight is 414 g/mol. The largest absolute Gasteiger partial charge is 0.416 e. The molecule has 156 valence electrons. The van der Waals surface area contributed by atoms with Crippen molar-refractivity contribution in [1.29, 1.82) is 0 Å². The van der Waals surface area contributed by atoms with Gasteiger partial charge in [-0.2, -0.15) is 13.2 Å². The van der Waals surface area contributed by atoms with E-state index in [0.29, 0.717) is 38.2 Å². The number of allylic oxidation sites excluding steroid dienone is 1. The molecule has 1 N–H and O–H groups in total. The Kier molecular flexibility index (Phi) is 5.24. The normalized spacial score (nSPS) is 20.7. The summed E-state index contributed by atoms with van der Waals surface area (Å²) in [5.74, 6) is -0.979. The summed E-state index contributed by atoms with van der Waals surface area (Å²) >= 11 is 0. The number of ketones is 1. The van der Waals surface area contributed by atoms with E-state index in [0.717, 1.165) is 23.3 Å². The molecular weight excluding hydrogens is 393 g/mol. The molecule has 1 spiro atoms. The van der Waals surface area contributed by atoms with Crippen molar-refractivity contribution < 1.29 is 22.8 Å². The van der Waals surface area contributed by atoms with Crippen LogP contribution in [0.4, 0.5) is 13.2 Å². The molecule has 2 saturated heterocycles. The number of likely N-dealkylation sites (tertiary alicyclic amines) is 1. The van der Waals surface area contributed by atoms with Crippen molar-refractivity contribution in [2.24, 2.45) is 5.41 Å². The van der Waals surface area contributed by atoms with Gasteiger partial charge >= 0.3 is 6.18 Å². The Morgan fingerprint density at radius 3 is 2.20 bits per heavy atom. The van der Waals surface area contributed by atoms with Crippen LogP contribution in [0.3, 0.4) is 0 Å². The van der Waals surface area contributed by atoms with Gasteiger partial charge < -0.3 is 5.32 Å². The van der Waals surface area contributed by atoms with Crippen LogP contribution in [0.15, 0.2) is 60.3 Å². The average Bonchev–Trinajstić information content (AvgIpc) is 2.95. The predicted octanol–water partition coefficient (Wildman–Crippen LogP) is 4.03. The minimum Gasteiger partial charge on any atom is -0.322 e. The number of piperidine rings is 1. The number of benzene rings is 2. The second-order valence-corrected chi connectivity index (χ2v) is 7.80. The van der Waals surface area contributed by atoms with Gasteiger partial charge in [-0.05, 0) is 55.3 Å². The molecule has 2 aromatic carbocycles. The van der Waals surface area contributed by atoms with Crippen molar-refractivity contribution in [3.05, 3.63) is 77.0 Å². The molecule has 4 rings (SSSR count). The van der Waals surface area contributed by atoms with E-state index in [4.69, 9.17) is 0 Å². The molecule has 2 fully saturated rings. The fourth-order valence-electron chi connectivity index (χ4n) is 4.18. The SMILES string of the molecule is O=C1NC(=Cc2ccccc2)C2(CCN(Cc3ccc(C(F)(F)F)cc3)CC2)C1=O. The number of rotatable bonds is 3. The second kappa shape index (κ2) is 7.72. The third-order valence-electron chi connectivity index (χ3n) is 5.91. The highest BCUT2D eigenvalue weighted by Crippen LogP contribution is 2.43. The maximum absolute atomic E-state index is 12.7. The molecule has 2 aromatic rings. The van der Waals surface area contributed by atoms with Crippen molar-refractivity contribution >= 4 is 17.8 Å². The third kappa shape index (κ3) is 3.89. The highest BCUT2D eigenvalue weighted by Gasteiger charge is 2.52. The van der Waals surface area contributed by atoms with Gasteiger partial charge in [0.25, 0.3) is 5.91 Å². The number of hydrogen-bond acceptors (Lipinski definition) is 3. The molecule has 30 heavy (non-hydrogen) atoms. The molecular formula is C23H21F3N2O2. The van der Waals surface area contributed by atoms with Gasteiger partial charge in [0, 0.05) is 12.2 Å². The smallest absolute Gasteiger partial charge is 0.322 e. The van der Waals surface area contributed by atoms with E-state index < -0.39 is 28.8 Å². The van der Waals surface area contributed by atoms with Gasteiger partial charge in [-0.3, -0.25) is 14.5 Å². The van der Waals surface area contributed by atoms with E-state index in [1.54, 1.807) is 0 Å². The summed E-state index contributed by atoms with van der Waals surface area (Å²) in [7, 11) is 0. The van der Waals surface area contributed by atoms with Gasteiger partial charge in [0.2, 0.25) is 5.78 Å². The monoisotopic (exact) mass is 414 g/mol. The highest BCUT2D eigenvalue weighted by molar-refractivity contribution is 6.42. The van der Waals surface area contributed by atoms with Crippen molar-refractivity contribution in [1.82, 2.24) is 10.2 Å². The first-order chi connectivity index (χ1) is 14.3. The van der Waals surface area contributed by atoms with Crippen LogP contribution in [0.25, 0.3) is 6.08 Å². The quantitative estimate of drug-likeness (QED) is 0.772. The lowest BCUT2D eigenvalue weighted by Crippen LogP contribution is -2.43. The number of nitrogens with one attached hydrogen (secondary N) is 1. The fourth-order valence-corrected chi connectivity index (χ4v) is 4.18. The van der Waals surface area contributed by atoms with Crippen LogP contribution in [0.5, 0.6) is 0 Å². The van der Waals surface area contributed by atoms with Crippen LogP contribution < -0.4 is 5.32 Å². The second-order valence-electron chi connectivity index (χ2n) is 7.80. The minimum atomic E-state index is -4.35. The molecule has 7 heteroatoms. The zero-order chi connectivity index (χ0) is 21.4. The number of carbonyl (C=O) groups excluding carboxylic acids is 2. The molecule has 4 nitrogen and oxygen atoms in total. The Hall–Kier alpha value is -2.93. The standard InChI is InChI=1S/C23H21F3N2O2/c24-23(25,26)18-8-6-17(7-9-18)15-28-12-10-22(11-13-28)19(27-21(30)20(22)29)14-16-4-2-1-3-5-16/h1-9,14H,10-13,15H2,(H,27,30). The molecule has 0 aliphatic carbocycles. The van der Waals surface area contributed by atoms with Gasteiger partial charge in [0.1, 0.15) is 0 Å². The van der Waals surface area contributed by atoms with Gasteiger partial charge in [-0.1, -0.05) is 42.5 Å². The van der Waals surface area contributed by atoms with Crippen molar-refractivity contribution in [3.63, 3.8) is 0 Å². The molecule has 0 radical (unpaired) electrons. The number of carbonyl (C=O) groups is 2. The van der Waals surface area contributed by atoms with Crippen molar-refractivity contribution in [2.45, 2.75) is 25.6 Å². The van der Waals surface area contributed by atoms with E-state index in [1.165, 1.54) is 12.1 Å². The maximum Gasteiger partial charge on any atom is 0.416 e. The lowest BCUT2D eigenvalue weighted by molar-refractivity contribution is -0.140. The number of halogens is 3. The number of Topliss-reactive ketones (excluding diaryl/α,β-unsaturated/α-hetero) is 1. The summed E-state index contributed by atoms with van der Waals surface area (Å²) in [6, 6.07) is 14.7. The van der Waals surface area contributed by atoms with Gasteiger partial charge in [-0.25, -0.2) is 0 Å². The van der Waals surface area contributed by atoms with Crippen LogP contribution in [0.2, 0.25) is 0 Å². The molecule has 0 atom stereocenters. The lowest BCUT2D eigenvalue weighted by atomic mass is 9.74. The summed E-state index contributed by atoms with van der Waals surface area (Å²) in [5, 5.41) is 2.75. The first-order valence-corrected chi connectivity index (χ1v) is 9.79. The van der Waals surface area contributed by atoms with Gasteiger partial charge in [-0.15, -0.1) is 0 Å². The maximum atomic E-state index is 12.7. The van der Waals surface area contributed by atoms with E-state index in [1.807, 2.05) is 36.4 Å². The van der Waals surface area contributed by atoms with Crippen LogP contribution in [0.1, 0.15) is 29.5 Å². The van der Waals surface area contributed by atoms with E-state index in [-0.39, 0.29) is 0 Å². The summed E-state index contributed by atoms with van der Waals surface area (Å²) in [5.41, 5.74) is 0.822. The van der Waals surface area contributed by atoms with Gasteiger partial charge in [0.05, 0.1) is 11.0 Å². The van der Waals surface area contributed by atoms with Crippen molar-refractivity contribution in [2.75, 3.05) is 13.1 Å². The zero-order valence-electron chi connectivity index (χ0n) is 16.2. The number of nitrogens with zero attached hydrogens (tertiary/aromatic N) is 1. The molecule has 2 heterocycles. The Bertz CT molecular complexity index is 974. The van der Waals surface area contributed by atoms with Crippen LogP contribution in [0, 0.1) is 5.41 Å². The summed E-state index contributed by atoms with van der Waals surface area (Å²) in [6.07, 6.45) is -1.51. The topological polar surface area (TPSA) is 49.4 Å². The highest BCUT2D eigenvalue weighted by atomic mass is 19.4. The summed E-state index contributed by atoms with van der Waals surface area (Å²) < 4.78 is 38.2. The first-order valence-electron chi connectivity index (χ1n) is 9.79. The molecule has 0 bridgehead atoms. The van der Waals surface area contributed by atoms with Gasteiger partial charge in [0.15, 0.2) is 0 Å². The Balaban J connectivity index is 1.47. The van der Waals surface area contributed by atoms with Crippen LogP contribution in [-0.2, 0) is 22.3 Å². The third-order valence-corrected chi connectivity index (χ3v) is 5.91. The Labute approximate surface area is 172 Å². The molecule has 0 unspecified atom stereocenters. The molecule has 2 aliphatic rings. The van der Waals surface area contributed by atoms with Crippen LogP contribution in [-0.4, -0.2) is 29.7 Å². The number of hydrogen-bond donors (Lipinski definition) is 1. The minimum absolute atomic E-state index is 0.404. The number of alkyl halides is 3. The number of amides is 1. The Morgan fingerprint density at radius 2 is 1.60 bits per heavy atom. The molecule has 1 amide bonds. The van der Waals surface area contributed by atoms with E-state index in [2.05, 4.69) is 10.2 Å².